The number of benzene rings is 3. The van der Waals surface area contributed by atoms with Gasteiger partial charge in [0.25, 0.3) is 0 Å². The van der Waals surface area contributed by atoms with Crippen LogP contribution in [0.3, 0.4) is 0 Å². The van der Waals surface area contributed by atoms with Gasteiger partial charge in [-0.15, -0.1) is 0 Å². The highest BCUT2D eigenvalue weighted by molar-refractivity contribution is 5.87. The highest BCUT2D eigenvalue weighted by Crippen LogP contribution is 2.22. The molecule has 0 aromatic heterocycles. The Kier molecular flexibility index (Phi) is 5.47. The van der Waals surface area contributed by atoms with E-state index in [0.29, 0.717) is 19.5 Å². The quantitative estimate of drug-likeness (QED) is 0.705. The number of hydrogen-bond donors (Lipinski definition) is 1. The van der Waals surface area contributed by atoms with Crippen molar-refractivity contribution in [3.63, 3.8) is 0 Å². The van der Waals surface area contributed by atoms with E-state index in [-0.39, 0.29) is 24.3 Å². The number of likely N-dealkylation sites (tertiary alicyclic amines) is 1. The maximum atomic E-state index is 12.5. The van der Waals surface area contributed by atoms with Gasteiger partial charge in [0.05, 0.1) is 19.6 Å². The molecule has 1 aliphatic rings. The number of carbonyl (C=O) groups excluding carboxylic acids is 2. The Morgan fingerprint density at radius 3 is 2.62 bits per heavy atom. The average Bonchev–Trinajstić information content (AvgIpc) is 3.07. The fraction of sp³-hybridized carbons (Fsp3) is 0.250. The third-order valence-electron chi connectivity index (χ3n) is 5.34. The van der Waals surface area contributed by atoms with Crippen LogP contribution in [-0.4, -0.2) is 36.4 Å². The molecular formula is C24H24N2O3. The Hall–Kier alpha value is -3.34. The van der Waals surface area contributed by atoms with E-state index in [1.807, 2.05) is 47.4 Å². The zero-order valence-corrected chi connectivity index (χ0v) is 16.4. The Bertz CT molecular complexity index is 1020. The zero-order valence-electron chi connectivity index (χ0n) is 16.4. The molecule has 29 heavy (non-hydrogen) atoms. The molecule has 3 aromatic carbocycles. The lowest BCUT2D eigenvalue weighted by molar-refractivity contribution is -0.128. The second-order valence-electron chi connectivity index (χ2n) is 7.41. The van der Waals surface area contributed by atoms with E-state index in [0.717, 1.165) is 22.3 Å². The van der Waals surface area contributed by atoms with Crippen molar-refractivity contribution in [2.75, 3.05) is 13.7 Å². The number of amides is 2. The molecule has 5 nitrogen and oxygen atoms in total. The van der Waals surface area contributed by atoms with Crippen LogP contribution < -0.4 is 10.1 Å². The predicted octanol–water partition coefficient (Wildman–Crippen LogP) is 3.31. The topological polar surface area (TPSA) is 58.6 Å². The zero-order chi connectivity index (χ0) is 20.2. The second-order valence-corrected chi connectivity index (χ2v) is 7.41. The number of nitrogens with one attached hydrogen (secondary N) is 1. The molecule has 0 spiro atoms. The average molecular weight is 388 g/mol. The van der Waals surface area contributed by atoms with Crippen molar-refractivity contribution in [3.05, 3.63) is 77.9 Å². The van der Waals surface area contributed by atoms with Crippen LogP contribution in [0.15, 0.2) is 66.7 Å². The van der Waals surface area contributed by atoms with Crippen molar-refractivity contribution in [2.24, 2.45) is 0 Å². The van der Waals surface area contributed by atoms with Crippen molar-refractivity contribution < 1.29 is 14.3 Å². The van der Waals surface area contributed by atoms with Crippen LogP contribution in [0.1, 0.15) is 17.5 Å². The van der Waals surface area contributed by atoms with Crippen molar-refractivity contribution in [1.82, 2.24) is 10.2 Å². The predicted molar refractivity (Wildman–Crippen MR) is 113 cm³/mol. The molecule has 1 fully saturated rings. The first-order valence-electron chi connectivity index (χ1n) is 9.79. The second kappa shape index (κ2) is 8.35. The molecule has 0 saturated carbocycles. The first-order valence-corrected chi connectivity index (χ1v) is 9.79. The van der Waals surface area contributed by atoms with E-state index in [1.54, 1.807) is 7.11 Å². The van der Waals surface area contributed by atoms with E-state index >= 15 is 0 Å². The lowest BCUT2D eigenvalue weighted by atomic mass is 10.0. The summed E-state index contributed by atoms with van der Waals surface area (Å²) in [5, 5.41) is 5.34. The highest BCUT2D eigenvalue weighted by Gasteiger charge is 2.30. The van der Waals surface area contributed by atoms with Gasteiger partial charge in [0.15, 0.2) is 0 Å². The summed E-state index contributed by atoms with van der Waals surface area (Å²) in [5.74, 6) is 0.771. The Morgan fingerprint density at radius 2 is 1.83 bits per heavy atom. The van der Waals surface area contributed by atoms with Crippen LogP contribution in [0.2, 0.25) is 0 Å². The SMILES string of the molecule is COc1ccc(CC(=O)N[C@H]2CC(=O)N(Cc3cccc4ccccc34)C2)cc1. The highest BCUT2D eigenvalue weighted by atomic mass is 16.5. The van der Waals surface area contributed by atoms with E-state index < -0.39 is 0 Å². The molecule has 1 aliphatic heterocycles. The molecule has 1 N–H and O–H groups in total. The van der Waals surface area contributed by atoms with E-state index in [1.165, 1.54) is 5.39 Å². The van der Waals surface area contributed by atoms with E-state index in [2.05, 4.69) is 29.6 Å². The number of ether oxygens (including phenoxy) is 1. The van der Waals surface area contributed by atoms with Gasteiger partial charge in [-0.25, -0.2) is 0 Å². The summed E-state index contributed by atoms with van der Waals surface area (Å²) in [5.41, 5.74) is 2.04. The number of rotatable bonds is 6. The van der Waals surface area contributed by atoms with Gasteiger partial charge in [-0.3, -0.25) is 9.59 Å². The van der Waals surface area contributed by atoms with Crippen LogP contribution in [0.25, 0.3) is 10.8 Å². The molecule has 1 heterocycles. The maximum Gasteiger partial charge on any atom is 0.225 e. The summed E-state index contributed by atoms with van der Waals surface area (Å²) >= 11 is 0. The molecular weight excluding hydrogens is 364 g/mol. The summed E-state index contributed by atoms with van der Waals surface area (Å²) in [6, 6.07) is 21.6. The van der Waals surface area contributed by atoms with Gasteiger partial charge in [-0.05, 0) is 34.0 Å². The van der Waals surface area contributed by atoms with Crippen LogP contribution in [0.5, 0.6) is 5.75 Å². The normalized spacial score (nSPS) is 16.2. The fourth-order valence-electron chi connectivity index (χ4n) is 3.87. The Balaban J connectivity index is 1.36. The largest absolute Gasteiger partial charge is 0.497 e. The molecule has 0 radical (unpaired) electrons. The Morgan fingerprint density at radius 1 is 1.07 bits per heavy atom. The van der Waals surface area contributed by atoms with Crippen LogP contribution in [0.4, 0.5) is 0 Å². The van der Waals surface area contributed by atoms with E-state index in [9.17, 15) is 9.59 Å². The molecule has 5 heteroatoms. The minimum absolute atomic E-state index is 0.0695. The number of nitrogens with zero attached hydrogens (tertiary/aromatic N) is 1. The van der Waals surface area contributed by atoms with Gasteiger partial charge < -0.3 is 15.0 Å². The van der Waals surface area contributed by atoms with Crippen molar-refractivity contribution >= 4 is 22.6 Å². The lowest BCUT2D eigenvalue weighted by Gasteiger charge is -2.18. The summed E-state index contributed by atoms with van der Waals surface area (Å²) in [4.78, 5) is 26.7. The molecule has 0 bridgehead atoms. The standard InChI is InChI=1S/C24H24N2O3/c1-29-21-11-9-17(10-12-21)13-23(27)25-20-14-24(28)26(16-20)15-19-7-4-6-18-5-2-3-8-22(18)19/h2-12,20H,13-16H2,1H3,(H,25,27)/t20-/m0/s1. The van der Waals surface area contributed by atoms with Gasteiger partial charge in [0, 0.05) is 19.5 Å². The summed E-state index contributed by atoms with van der Waals surface area (Å²) in [6.07, 6.45) is 0.636. The minimum atomic E-state index is -0.150. The van der Waals surface area contributed by atoms with Crippen molar-refractivity contribution in [2.45, 2.75) is 25.4 Å². The molecule has 0 aliphatic carbocycles. The summed E-state index contributed by atoms with van der Waals surface area (Å²) < 4.78 is 5.14. The Labute approximate surface area is 170 Å². The molecule has 0 unspecified atom stereocenters. The third kappa shape index (κ3) is 4.40. The number of fused-ring (bicyclic) bond motifs is 1. The van der Waals surface area contributed by atoms with Gasteiger partial charge in [-0.2, -0.15) is 0 Å². The van der Waals surface area contributed by atoms with Crippen LogP contribution in [0, 0.1) is 0 Å². The lowest BCUT2D eigenvalue weighted by Crippen LogP contribution is -2.37. The van der Waals surface area contributed by atoms with Crippen LogP contribution >= 0.6 is 0 Å². The monoisotopic (exact) mass is 388 g/mol. The van der Waals surface area contributed by atoms with Crippen molar-refractivity contribution in [1.29, 1.82) is 0 Å². The molecule has 1 saturated heterocycles. The molecule has 2 amide bonds. The minimum Gasteiger partial charge on any atom is -0.497 e. The first-order chi connectivity index (χ1) is 14.1. The number of methoxy groups -OCH3 is 1. The third-order valence-corrected chi connectivity index (χ3v) is 5.34. The van der Waals surface area contributed by atoms with Gasteiger partial charge >= 0.3 is 0 Å². The first kappa shape index (κ1) is 19.0. The smallest absolute Gasteiger partial charge is 0.225 e. The van der Waals surface area contributed by atoms with Gasteiger partial charge in [0.2, 0.25) is 11.8 Å². The fourth-order valence-corrected chi connectivity index (χ4v) is 3.87. The number of carbonyl (C=O) groups is 2. The molecule has 148 valence electrons. The van der Waals surface area contributed by atoms with Crippen molar-refractivity contribution in [3.8, 4) is 5.75 Å². The maximum absolute atomic E-state index is 12.5. The van der Waals surface area contributed by atoms with Crippen LogP contribution in [-0.2, 0) is 22.6 Å². The molecule has 3 aromatic rings. The molecule has 4 rings (SSSR count). The number of hydrogen-bond acceptors (Lipinski definition) is 3. The van der Waals surface area contributed by atoms with Gasteiger partial charge in [0.1, 0.15) is 5.75 Å². The molecule has 1 atom stereocenters. The summed E-state index contributed by atoms with van der Waals surface area (Å²) in [7, 11) is 1.61. The summed E-state index contributed by atoms with van der Waals surface area (Å²) in [6.45, 7) is 1.10. The van der Waals surface area contributed by atoms with Gasteiger partial charge in [-0.1, -0.05) is 54.6 Å². The van der Waals surface area contributed by atoms with E-state index in [4.69, 9.17) is 4.74 Å².